The number of hydrogen-bond acceptors (Lipinski definition) is 4. The van der Waals surface area contributed by atoms with Crippen LogP contribution in [0, 0.1) is 18.6 Å². The first-order valence-corrected chi connectivity index (χ1v) is 6.18. The molecule has 1 aromatic heterocycles. The second-order valence-electron chi connectivity index (χ2n) is 4.44. The van der Waals surface area contributed by atoms with Gasteiger partial charge in [-0.3, -0.25) is 0 Å². The SMILES string of the molecule is Cc1nnc(COc2c(F)cc(CCN)cc2F)n1C. The van der Waals surface area contributed by atoms with E-state index in [1.807, 2.05) is 0 Å². The van der Waals surface area contributed by atoms with Crippen molar-refractivity contribution in [2.75, 3.05) is 6.54 Å². The number of benzene rings is 1. The lowest BCUT2D eigenvalue weighted by molar-refractivity contribution is 0.262. The Balaban J connectivity index is 2.15. The summed E-state index contributed by atoms with van der Waals surface area (Å²) >= 11 is 0. The highest BCUT2D eigenvalue weighted by molar-refractivity contribution is 5.31. The van der Waals surface area contributed by atoms with Crippen molar-refractivity contribution in [3.63, 3.8) is 0 Å². The molecular weight excluding hydrogens is 266 g/mol. The van der Waals surface area contributed by atoms with Gasteiger partial charge in [0.05, 0.1) is 0 Å². The molecule has 0 aliphatic carbocycles. The molecular formula is C13H16F2N4O. The molecule has 20 heavy (non-hydrogen) atoms. The Kier molecular flexibility index (Phi) is 4.29. The molecule has 0 fully saturated rings. The number of rotatable bonds is 5. The first-order valence-electron chi connectivity index (χ1n) is 6.18. The molecule has 0 aliphatic rings. The minimum absolute atomic E-state index is 0.0542. The van der Waals surface area contributed by atoms with Gasteiger partial charge < -0.3 is 15.0 Å². The number of aryl methyl sites for hydroxylation is 1. The Morgan fingerprint density at radius 2 is 1.90 bits per heavy atom. The molecule has 1 aromatic carbocycles. The Bertz CT molecular complexity index is 589. The van der Waals surface area contributed by atoms with Crippen molar-refractivity contribution < 1.29 is 13.5 Å². The molecule has 0 saturated heterocycles. The summed E-state index contributed by atoms with van der Waals surface area (Å²) in [6, 6.07) is 2.46. The van der Waals surface area contributed by atoms with Crippen LogP contribution in [0.5, 0.6) is 5.75 Å². The minimum atomic E-state index is -0.743. The minimum Gasteiger partial charge on any atom is -0.479 e. The van der Waals surface area contributed by atoms with E-state index in [1.54, 1.807) is 18.5 Å². The second-order valence-corrected chi connectivity index (χ2v) is 4.44. The first kappa shape index (κ1) is 14.4. The molecule has 0 saturated carbocycles. The maximum atomic E-state index is 13.8. The van der Waals surface area contributed by atoms with Crippen molar-refractivity contribution in [2.45, 2.75) is 20.0 Å². The van der Waals surface area contributed by atoms with E-state index in [0.717, 1.165) is 0 Å². The zero-order valence-corrected chi connectivity index (χ0v) is 11.4. The summed E-state index contributed by atoms with van der Waals surface area (Å²) in [5.74, 6) is -0.707. The van der Waals surface area contributed by atoms with Gasteiger partial charge in [0.1, 0.15) is 12.4 Å². The van der Waals surface area contributed by atoms with E-state index in [9.17, 15) is 8.78 Å². The normalized spacial score (nSPS) is 10.8. The van der Waals surface area contributed by atoms with E-state index in [2.05, 4.69) is 10.2 Å². The van der Waals surface area contributed by atoms with Gasteiger partial charge in [-0.25, -0.2) is 8.78 Å². The monoisotopic (exact) mass is 282 g/mol. The van der Waals surface area contributed by atoms with Crippen LogP contribution in [0.3, 0.4) is 0 Å². The molecule has 0 aliphatic heterocycles. The number of hydrogen-bond donors (Lipinski definition) is 1. The van der Waals surface area contributed by atoms with E-state index in [0.29, 0.717) is 30.2 Å². The van der Waals surface area contributed by atoms with Crippen LogP contribution in [-0.4, -0.2) is 21.3 Å². The summed E-state index contributed by atoms with van der Waals surface area (Å²) in [6.07, 6.45) is 0.413. The van der Waals surface area contributed by atoms with Crippen LogP contribution in [0.15, 0.2) is 12.1 Å². The number of ether oxygens (including phenoxy) is 1. The van der Waals surface area contributed by atoms with Crippen LogP contribution in [0.1, 0.15) is 17.2 Å². The smallest absolute Gasteiger partial charge is 0.191 e. The lowest BCUT2D eigenvalue weighted by atomic mass is 10.1. The lowest BCUT2D eigenvalue weighted by Crippen LogP contribution is -2.08. The summed E-state index contributed by atoms with van der Waals surface area (Å²) in [5, 5.41) is 7.71. The van der Waals surface area contributed by atoms with Crippen LogP contribution in [0.4, 0.5) is 8.78 Å². The third-order valence-corrected chi connectivity index (χ3v) is 3.02. The number of halogens is 2. The maximum Gasteiger partial charge on any atom is 0.191 e. The van der Waals surface area contributed by atoms with Gasteiger partial charge in [0, 0.05) is 7.05 Å². The fraction of sp³-hybridized carbons (Fsp3) is 0.385. The van der Waals surface area contributed by atoms with Crippen molar-refractivity contribution in [1.82, 2.24) is 14.8 Å². The highest BCUT2D eigenvalue weighted by Gasteiger charge is 2.14. The topological polar surface area (TPSA) is 66.0 Å². The van der Waals surface area contributed by atoms with Crippen LogP contribution >= 0.6 is 0 Å². The van der Waals surface area contributed by atoms with E-state index in [1.165, 1.54) is 12.1 Å². The van der Waals surface area contributed by atoms with Crippen LogP contribution in [0.2, 0.25) is 0 Å². The Morgan fingerprint density at radius 3 is 2.40 bits per heavy atom. The molecule has 0 atom stereocenters. The summed E-state index contributed by atoms with van der Waals surface area (Å²) in [5.41, 5.74) is 5.86. The van der Waals surface area contributed by atoms with Gasteiger partial charge in [0.2, 0.25) is 0 Å². The molecule has 0 radical (unpaired) electrons. The van der Waals surface area contributed by atoms with Gasteiger partial charge >= 0.3 is 0 Å². The van der Waals surface area contributed by atoms with E-state index < -0.39 is 17.4 Å². The predicted molar refractivity (Wildman–Crippen MR) is 69.2 cm³/mol. The van der Waals surface area contributed by atoms with Gasteiger partial charge in [-0.15, -0.1) is 10.2 Å². The van der Waals surface area contributed by atoms with Gasteiger partial charge in [-0.2, -0.15) is 0 Å². The molecule has 0 unspecified atom stereocenters. The van der Waals surface area contributed by atoms with Crippen LogP contribution < -0.4 is 10.5 Å². The molecule has 0 spiro atoms. The molecule has 7 heteroatoms. The first-order chi connectivity index (χ1) is 9.52. The van der Waals surface area contributed by atoms with Crippen molar-refractivity contribution in [1.29, 1.82) is 0 Å². The van der Waals surface area contributed by atoms with Crippen LogP contribution in [0.25, 0.3) is 0 Å². The average molecular weight is 282 g/mol. The summed E-state index contributed by atoms with van der Waals surface area (Å²) in [6.45, 7) is 2.05. The predicted octanol–water partition coefficient (Wildman–Crippen LogP) is 1.48. The molecule has 2 aromatic rings. The fourth-order valence-corrected chi connectivity index (χ4v) is 1.77. The van der Waals surface area contributed by atoms with Gasteiger partial charge in [0.25, 0.3) is 0 Å². The van der Waals surface area contributed by atoms with Gasteiger partial charge in [-0.05, 0) is 37.6 Å². The highest BCUT2D eigenvalue weighted by Crippen LogP contribution is 2.24. The number of nitrogens with zero attached hydrogens (tertiary/aromatic N) is 3. The third-order valence-electron chi connectivity index (χ3n) is 3.02. The zero-order valence-electron chi connectivity index (χ0n) is 11.4. The molecule has 108 valence electrons. The van der Waals surface area contributed by atoms with Crippen molar-refractivity contribution in [3.8, 4) is 5.75 Å². The van der Waals surface area contributed by atoms with Crippen molar-refractivity contribution >= 4 is 0 Å². The number of aromatic nitrogens is 3. The van der Waals surface area contributed by atoms with Gasteiger partial charge in [0.15, 0.2) is 23.2 Å². The Hall–Kier alpha value is -2.02. The number of nitrogens with two attached hydrogens (primary N) is 1. The van der Waals surface area contributed by atoms with E-state index in [-0.39, 0.29) is 6.61 Å². The molecule has 0 amide bonds. The lowest BCUT2D eigenvalue weighted by Gasteiger charge is -2.09. The van der Waals surface area contributed by atoms with Gasteiger partial charge in [-0.1, -0.05) is 0 Å². The molecule has 5 nitrogen and oxygen atoms in total. The second kappa shape index (κ2) is 5.96. The van der Waals surface area contributed by atoms with E-state index in [4.69, 9.17) is 10.5 Å². The van der Waals surface area contributed by atoms with Crippen LogP contribution in [-0.2, 0) is 20.1 Å². The molecule has 0 bridgehead atoms. The molecule has 1 heterocycles. The molecule has 2 N–H and O–H groups in total. The summed E-state index contributed by atoms with van der Waals surface area (Å²) in [4.78, 5) is 0. The van der Waals surface area contributed by atoms with Crippen molar-refractivity contribution in [3.05, 3.63) is 41.0 Å². The van der Waals surface area contributed by atoms with Crippen molar-refractivity contribution in [2.24, 2.45) is 12.8 Å². The quantitative estimate of drug-likeness (QED) is 0.902. The average Bonchev–Trinajstić information content (AvgIpc) is 2.70. The summed E-state index contributed by atoms with van der Waals surface area (Å²) < 4.78 is 34.5. The summed E-state index contributed by atoms with van der Waals surface area (Å²) in [7, 11) is 1.76. The largest absolute Gasteiger partial charge is 0.479 e. The zero-order chi connectivity index (χ0) is 14.7. The fourth-order valence-electron chi connectivity index (χ4n) is 1.77. The Labute approximate surface area is 115 Å². The Morgan fingerprint density at radius 1 is 1.25 bits per heavy atom. The standard InChI is InChI=1S/C13H16F2N4O/c1-8-17-18-12(19(8)2)7-20-13-10(14)5-9(3-4-16)6-11(13)15/h5-6H,3-4,7,16H2,1-2H3. The maximum absolute atomic E-state index is 13.8. The van der Waals surface area contributed by atoms with E-state index >= 15 is 0 Å². The third kappa shape index (κ3) is 2.93. The molecule has 2 rings (SSSR count). The highest BCUT2D eigenvalue weighted by atomic mass is 19.1.